The van der Waals surface area contributed by atoms with Crippen LogP contribution in [0.15, 0.2) is 60.8 Å². The van der Waals surface area contributed by atoms with E-state index in [2.05, 4.69) is 37.2 Å². The highest BCUT2D eigenvalue weighted by atomic mass is 19.1. The van der Waals surface area contributed by atoms with Crippen LogP contribution in [-0.4, -0.2) is 43.3 Å². The van der Waals surface area contributed by atoms with Crippen molar-refractivity contribution in [2.24, 2.45) is 0 Å². The first-order valence-corrected chi connectivity index (χ1v) is 9.21. The summed E-state index contributed by atoms with van der Waals surface area (Å²) in [5.74, 6) is 1.99. The molecule has 0 radical (unpaired) electrons. The molecule has 0 amide bonds. The number of methoxy groups -OCH3 is 1. The number of ether oxygens (including phenoxy) is 1. The third-order valence-corrected chi connectivity index (χ3v) is 4.76. The predicted molar refractivity (Wildman–Crippen MR) is 109 cm³/mol. The monoisotopic (exact) mass is 379 g/mol. The molecule has 1 saturated heterocycles. The molecule has 0 bridgehead atoms. The molecule has 1 aliphatic heterocycles. The summed E-state index contributed by atoms with van der Waals surface area (Å²) in [6.07, 6.45) is 1.74. The second-order valence-corrected chi connectivity index (χ2v) is 6.55. The highest BCUT2D eigenvalue weighted by Gasteiger charge is 2.19. The van der Waals surface area contributed by atoms with Crippen LogP contribution in [0.5, 0.6) is 5.75 Å². The van der Waals surface area contributed by atoms with Gasteiger partial charge in [0.2, 0.25) is 5.95 Å². The molecule has 2 heterocycles. The molecule has 1 fully saturated rings. The number of nitrogens with zero attached hydrogens (tertiary/aromatic N) is 4. The lowest BCUT2D eigenvalue weighted by Gasteiger charge is -2.36. The Labute approximate surface area is 163 Å². The Hall–Kier alpha value is -3.35. The molecule has 1 aliphatic rings. The SMILES string of the molecule is COc1ccc(N2CCN(c3nccc(Nc4ccc(F)cc4)n3)CC2)cc1. The first kappa shape index (κ1) is 18.0. The maximum Gasteiger partial charge on any atom is 0.227 e. The molecule has 0 aliphatic carbocycles. The van der Waals surface area contributed by atoms with Gasteiger partial charge in [0.1, 0.15) is 17.4 Å². The molecule has 0 saturated carbocycles. The zero-order valence-corrected chi connectivity index (χ0v) is 15.7. The molecule has 28 heavy (non-hydrogen) atoms. The third kappa shape index (κ3) is 4.14. The summed E-state index contributed by atoms with van der Waals surface area (Å²) in [4.78, 5) is 13.5. The summed E-state index contributed by atoms with van der Waals surface area (Å²) in [5, 5.41) is 3.19. The maximum absolute atomic E-state index is 13.1. The molecular formula is C21H22FN5O. The van der Waals surface area contributed by atoms with E-state index in [0.717, 1.165) is 37.6 Å². The number of aromatic nitrogens is 2. The van der Waals surface area contributed by atoms with Crippen LogP contribution < -0.4 is 19.9 Å². The van der Waals surface area contributed by atoms with Gasteiger partial charge in [-0.15, -0.1) is 0 Å². The summed E-state index contributed by atoms with van der Waals surface area (Å²) in [7, 11) is 1.67. The van der Waals surface area contributed by atoms with Crippen LogP contribution in [0.1, 0.15) is 0 Å². The Bertz CT molecular complexity index is 909. The second-order valence-electron chi connectivity index (χ2n) is 6.55. The number of hydrogen-bond donors (Lipinski definition) is 1. The molecular weight excluding hydrogens is 357 g/mol. The normalized spacial score (nSPS) is 14.1. The quantitative estimate of drug-likeness (QED) is 0.730. The van der Waals surface area contributed by atoms with Gasteiger partial charge in [0.15, 0.2) is 0 Å². The molecule has 144 valence electrons. The topological polar surface area (TPSA) is 53.5 Å². The van der Waals surface area contributed by atoms with Gasteiger partial charge in [-0.3, -0.25) is 0 Å². The first-order valence-electron chi connectivity index (χ1n) is 9.21. The second kappa shape index (κ2) is 8.12. The summed E-state index contributed by atoms with van der Waals surface area (Å²) < 4.78 is 18.3. The minimum Gasteiger partial charge on any atom is -0.497 e. The molecule has 4 rings (SSSR count). The Balaban J connectivity index is 1.39. The summed E-state index contributed by atoms with van der Waals surface area (Å²) in [5.41, 5.74) is 1.98. The third-order valence-electron chi connectivity index (χ3n) is 4.76. The van der Waals surface area contributed by atoms with E-state index in [9.17, 15) is 4.39 Å². The molecule has 0 spiro atoms. The molecule has 0 unspecified atom stereocenters. The number of hydrogen-bond acceptors (Lipinski definition) is 6. The van der Waals surface area contributed by atoms with Gasteiger partial charge in [0.25, 0.3) is 0 Å². The first-order chi connectivity index (χ1) is 13.7. The lowest BCUT2D eigenvalue weighted by Crippen LogP contribution is -2.47. The fourth-order valence-electron chi connectivity index (χ4n) is 3.21. The van der Waals surface area contributed by atoms with Crippen molar-refractivity contribution >= 4 is 23.1 Å². The maximum atomic E-state index is 13.1. The van der Waals surface area contributed by atoms with Gasteiger partial charge in [-0.05, 0) is 54.6 Å². The van der Waals surface area contributed by atoms with E-state index in [-0.39, 0.29) is 5.82 Å². The van der Waals surface area contributed by atoms with Crippen LogP contribution in [0.25, 0.3) is 0 Å². The van der Waals surface area contributed by atoms with E-state index in [1.807, 2.05) is 12.1 Å². The van der Waals surface area contributed by atoms with E-state index in [0.29, 0.717) is 11.8 Å². The van der Waals surface area contributed by atoms with E-state index in [4.69, 9.17) is 4.74 Å². The average Bonchev–Trinajstić information content (AvgIpc) is 2.76. The minimum absolute atomic E-state index is 0.261. The highest BCUT2D eigenvalue weighted by Crippen LogP contribution is 2.22. The van der Waals surface area contributed by atoms with Gasteiger partial charge in [0.05, 0.1) is 7.11 Å². The van der Waals surface area contributed by atoms with Crippen molar-refractivity contribution in [1.82, 2.24) is 9.97 Å². The van der Waals surface area contributed by atoms with Gasteiger partial charge in [-0.2, -0.15) is 4.98 Å². The van der Waals surface area contributed by atoms with Crippen molar-refractivity contribution < 1.29 is 9.13 Å². The molecule has 1 aromatic heterocycles. The van der Waals surface area contributed by atoms with Crippen molar-refractivity contribution in [3.8, 4) is 5.75 Å². The molecule has 2 aromatic carbocycles. The number of piperazine rings is 1. The number of halogens is 1. The molecule has 1 N–H and O–H groups in total. The van der Waals surface area contributed by atoms with E-state index >= 15 is 0 Å². The summed E-state index contributed by atoms with van der Waals surface area (Å²) in [6.45, 7) is 3.47. The lowest BCUT2D eigenvalue weighted by atomic mass is 10.2. The molecule has 7 heteroatoms. The Morgan fingerprint density at radius 3 is 2.25 bits per heavy atom. The Morgan fingerprint density at radius 1 is 0.893 bits per heavy atom. The average molecular weight is 379 g/mol. The summed E-state index contributed by atoms with van der Waals surface area (Å²) >= 11 is 0. The minimum atomic E-state index is -0.261. The van der Waals surface area contributed by atoms with Crippen LogP contribution >= 0.6 is 0 Å². The zero-order chi connectivity index (χ0) is 19.3. The lowest BCUT2D eigenvalue weighted by molar-refractivity contribution is 0.415. The predicted octanol–water partition coefficient (Wildman–Crippen LogP) is 3.69. The van der Waals surface area contributed by atoms with Gasteiger partial charge >= 0.3 is 0 Å². The van der Waals surface area contributed by atoms with Crippen molar-refractivity contribution in [2.75, 3.05) is 48.4 Å². The number of nitrogens with one attached hydrogen (secondary N) is 1. The van der Waals surface area contributed by atoms with Crippen LogP contribution in [0.2, 0.25) is 0 Å². The van der Waals surface area contributed by atoms with Crippen LogP contribution in [0, 0.1) is 5.82 Å². The van der Waals surface area contributed by atoms with Crippen LogP contribution in [0.3, 0.4) is 0 Å². The number of anilines is 4. The van der Waals surface area contributed by atoms with Crippen molar-refractivity contribution in [2.45, 2.75) is 0 Å². The molecule has 0 atom stereocenters. The highest BCUT2D eigenvalue weighted by molar-refractivity contribution is 5.57. The van der Waals surface area contributed by atoms with Crippen molar-refractivity contribution in [1.29, 1.82) is 0 Å². The van der Waals surface area contributed by atoms with E-state index in [1.165, 1.54) is 17.8 Å². The number of rotatable bonds is 5. The number of benzene rings is 2. The van der Waals surface area contributed by atoms with E-state index in [1.54, 1.807) is 31.5 Å². The van der Waals surface area contributed by atoms with Gasteiger partial charge in [0, 0.05) is 43.8 Å². The molecule has 6 nitrogen and oxygen atoms in total. The standard InChI is InChI=1S/C21H22FN5O/c1-28-19-8-6-18(7-9-19)26-12-14-27(15-13-26)21-23-11-10-20(25-21)24-17-4-2-16(22)3-5-17/h2-11H,12-15H2,1H3,(H,23,24,25). The largest absolute Gasteiger partial charge is 0.497 e. The Morgan fingerprint density at radius 2 is 1.57 bits per heavy atom. The fraction of sp³-hybridized carbons (Fsp3) is 0.238. The van der Waals surface area contributed by atoms with Gasteiger partial charge in [-0.25, -0.2) is 9.37 Å². The van der Waals surface area contributed by atoms with Gasteiger partial charge < -0.3 is 19.9 Å². The van der Waals surface area contributed by atoms with Crippen molar-refractivity contribution in [3.63, 3.8) is 0 Å². The zero-order valence-electron chi connectivity index (χ0n) is 15.7. The smallest absolute Gasteiger partial charge is 0.227 e. The summed E-state index contributed by atoms with van der Waals surface area (Å²) in [6, 6.07) is 16.1. The van der Waals surface area contributed by atoms with Crippen LogP contribution in [-0.2, 0) is 0 Å². The van der Waals surface area contributed by atoms with Gasteiger partial charge in [-0.1, -0.05) is 0 Å². The van der Waals surface area contributed by atoms with Crippen LogP contribution in [0.4, 0.5) is 27.5 Å². The Kier molecular flexibility index (Phi) is 5.23. The molecule has 3 aromatic rings. The van der Waals surface area contributed by atoms with E-state index < -0.39 is 0 Å². The van der Waals surface area contributed by atoms with Crippen molar-refractivity contribution in [3.05, 3.63) is 66.6 Å². The fourth-order valence-corrected chi connectivity index (χ4v) is 3.21.